The molecule has 9 rings (SSSR count). The zero-order chi connectivity index (χ0) is 61.9. The van der Waals surface area contributed by atoms with Gasteiger partial charge in [-0.2, -0.15) is 0 Å². The first-order valence-corrected chi connectivity index (χ1v) is 29.5. The number of hydrogen-bond acceptors (Lipinski definition) is 23. The van der Waals surface area contributed by atoms with Crippen LogP contribution in [0.4, 0.5) is 0 Å². The van der Waals surface area contributed by atoms with E-state index >= 15 is 0 Å². The van der Waals surface area contributed by atoms with Gasteiger partial charge in [0.15, 0.2) is 67.7 Å². The van der Waals surface area contributed by atoms with Crippen molar-refractivity contribution in [3.8, 4) is 0 Å². The van der Waals surface area contributed by atoms with E-state index in [1.165, 1.54) is 43.7 Å². The fourth-order valence-corrected chi connectivity index (χ4v) is 14.3. The molecule has 0 N–H and O–H groups in total. The molecule has 3 saturated carbocycles. The molecular weight excluding hydrogens is 1120 g/mol. The van der Waals surface area contributed by atoms with Gasteiger partial charge in [-0.25, -0.2) is 9.59 Å². The van der Waals surface area contributed by atoms with Crippen LogP contribution < -0.4 is 0 Å². The number of rotatable bonds is 17. The van der Waals surface area contributed by atoms with Crippen molar-refractivity contribution in [2.45, 2.75) is 219 Å². The summed E-state index contributed by atoms with van der Waals surface area (Å²) in [5.74, 6) is -5.58. The standard InChI is InChI=1S/C63H78O23/c1-31-48(76-33(3)64)51(78-35(5)66)54(80-37(7)68)59(74-31)85-50-46(30-73-57(71)39-17-13-11-14-18-39)83-61(82-42-25-27-62(9)41(29-42)21-22-43-44-23-24-47(70)63(44,10)28-26-45(43)62)56(53(50)84-58(72)40-19-15-12-16-20-40)86-60-55(81-38(8)69)52(79-36(6)67)49(32(2)75-60)77-34(4)65/h11-21,31-32,42-46,48-56,59-61H,22-30H2,1-10H3/t31-,32-,42-,43-,44-,45-,46+,48-,49-,50+,51+,52+,53-,54+,55+,56+,59-,60-,61+,62-,63-/m0/s1. The number of allylic oxidation sites excluding steroid dienone is 1. The first-order valence-electron chi connectivity index (χ1n) is 29.5. The summed E-state index contributed by atoms with van der Waals surface area (Å²) >= 11 is 0. The van der Waals surface area contributed by atoms with Gasteiger partial charge >= 0.3 is 47.8 Å². The second kappa shape index (κ2) is 26.8. The maximum Gasteiger partial charge on any atom is 0.338 e. The first-order chi connectivity index (χ1) is 40.8. The average Bonchev–Trinajstić information content (AvgIpc) is 1.31. The lowest BCUT2D eigenvalue weighted by atomic mass is 9.48. The molecule has 86 heavy (non-hydrogen) atoms. The average molecular weight is 1200 g/mol. The largest absolute Gasteiger partial charge is 0.459 e. The Morgan fingerprint density at radius 3 is 1.45 bits per heavy atom. The lowest BCUT2D eigenvalue weighted by Gasteiger charge is -2.57. The summed E-state index contributed by atoms with van der Waals surface area (Å²) in [5.41, 5.74) is 0.803. The maximum atomic E-state index is 14.9. The molecular formula is C63H78O23. The summed E-state index contributed by atoms with van der Waals surface area (Å²) in [5, 5.41) is 0. The molecule has 3 heterocycles. The molecule has 23 nitrogen and oxygen atoms in total. The number of carbonyl (C=O) groups excluding carboxylic acids is 9. The molecule has 3 aliphatic heterocycles. The van der Waals surface area contributed by atoms with Crippen molar-refractivity contribution < 1.29 is 109 Å². The molecule has 0 aromatic heterocycles. The molecule has 2 aromatic rings. The number of hydrogen-bond donors (Lipinski definition) is 0. The van der Waals surface area contributed by atoms with Crippen molar-refractivity contribution in [1.29, 1.82) is 0 Å². The van der Waals surface area contributed by atoms with Crippen molar-refractivity contribution >= 4 is 53.5 Å². The molecule has 468 valence electrons. The summed E-state index contributed by atoms with van der Waals surface area (Å²) < 4.78 is 88.0. The molecule has 6 fully saturated rings. The number of benzene rings is 2. The van der Waals surface area contributed by atoms with E-state index < -0.39 is 153 Å². The van der Waals surface area contributed by atoms with Crippen LogP contribution in [0.15, 0.2) is 72.3 Å². The number of fused-ring (bicyclic) bond motifs is 5. The fraction of sp³-hybridized carbons (Fsp3) is 0.635. The Kier molecular flexibility index (Phi) is 19.9. The van der Waals surface area contributed by atoms with Gasteiger partial charge in [-0.1, -0.05) is 61.9 Å². The number of esters is 8. The third-order valence-electron chi connectivity index (χ3n) is 18.2. The van der Waals surface area contributed by atoms with Crippen LogP contribution in [0, 0.1) is 28.6 Å². The molecule has 0 spiro atoms. The first kappa shape index (κ1) is 63.9. The van der Waals surface area contributed by atoms with Crippen LogP contribution in [-0.4, -0.2) is 158 Å². The van der Waals surface area contributed by atoms with Crippen LogP contribution in [0.1, 0.15) is 141 Å². The molecule has 7 aliphatic rings. The Balaban J connectivity index is 1.17. The van der Waals surface area contributed by atoms with E-state index in [0.29, 0.717) is 43.3 Å². The predicted octanol–water partition coefficient (Wildman–Crippen LogP) is 6.56. The highest BCUT2D eigenvalue weighted by Gasteiger charge is 2.62. The van der Waals surface area contributed by atoms with Crippen molar-refractivity contribution in [2.75, 3.05) is 6.61 Å². The van der Waals surface area contributed by atoms with Gasteiger partial charge in [0.05, 0.1) is 29.4 Å². The Morgan fingerprint density at radius 2 is 0.930 bits per heavy atom. The molecule has 4 aliphatic carbocycles. The molecule has 2 aromatic carbocycles. The van der Waals surface area contributed by atoms with Gasteiger partial charge in [0.25, 0.3) is 0 Å². The Morgan fingerprint density at radius 1 is 0.488 bits per heavy atom. The second-order valence-electron chi connectivity index (χ2n) is 24.0. The maximum absolute atomic E-state index is 14.9. The van der Waals surface area contributed by atoms with Crippen molar-refractivity contribution in [3.63, 3.8) is 0 Å². The zero-order valence-corrected chi connectivity index (χ0v) is 50.1. The molecule has 21 atom stereocenters. The quantitative estimate of drug-likeness (QED) is 0.0920. The third kappa shape index (κ3) is 13.9. The van der Waals surface area contributed by atoms with Crippen LogP contribution in [0.3, 0.4) is 0 Å². The van der Waals surface area contributed by atoms with Gasteiger partial charge < -0.3 is 66.3 Å². The number of Topliss-reactive ketones (excluding diaryl/α,β-unsaturated/α-hetero) is 1. The minimum absolute atomic E-state index is 0.0408. The molecule has 3 saturated heterocycles. The van der Waals surface area contributed by atoms with Gasteiger partial charge in [0.2, 0.25) is 0 Å². The SMILES string of the molecule is CC(=O)O[C@@H]1[C@@H](OC(C)=O)[C@H](C)O[C@@H](O[C@H]2[C@H](O[C@H]3CC[C@@]4(C)C(=CC[C@@H]5[C@@H]4CC[C@]4(C)C(=O)CC[C@@H]54)C3)O[C@H](COC(=O)c3ccccc3)[C@@H](O[C@@H]3O[C@@H](C)[C@H](OC(C)=O)[C@@H](OC(C)=O)[C@H]3OC(C)=O)[C@@H]2OC(=O)c2ccccc2)[C@@H]1OC(C)=O. The van der Waals surface area contributed by atoms with Gasteiger partial charge in [0.1, 0.15) is 24.6 Å². The number of ether oxygens (including phenoxy) is 14. The number of carbonyl (C=O) groups is 9. The van der Waals surface area contributed by atoms with Gasteiger partial charge in [-0.15, -0.1) is 0 Å². The predicted molar refractivity (Wildman–Crippen MR) is 294 cm³/mol. The number of ketones is 1. The van der Waals surface area contributed by atoms with Crippen molar-refractivity contribution in [1.82, 2.24) is 0 Å². The van der Waals surface area contributed by atoms with E-state index in [2.05, 4.69) is 19.9 Å². The van der Waals surface area contributed by atoms with Crippen LogP contribution in [0.25, 0.3) is 0 Å². The monoisotopic (exact) mass is 1200 g/mol. The Labute approximate surface area is 498 Å². The van der Waals surface area contributed by atoms with E-state index in [1.54, 1.807) is 36.4 Å². The lowest BCUT2D eigenvalue weighted by molar-refractivity contribution is -0.388. The van der Waals surface area contributed by atoms with E-state index in [-0.39, 0.29) is 27.9 Å². The highest BCUT2D eigenvalue weighted by Crippen LogP contribution is 2.64. The lowest BCUT2D eigenvalue weighted by Crippen LogP contribution is -2.68. The van der Waals surface area contributed by atoms with E-state index in [0.717, 1.165) is 67.2 Å². The van der Waals surface area contributed by atoms with Crippen molar-refractivity contribution in [2.24, 2.45) is 28.6 Å². The van der Waals surface area contributed by atoms with E-state index in [4.69, 9.17) is 66.3 Å². The van der Waals surface area contributed by atoms with E-state index in [9.17, 15) is 43.2 Å². The van der Waals surface area contributed by atoms with Crippen LogP contribution in [-0.2, 0) is 99.9 Å². The summed E-state index contributed by atoms with van der Waals surface area (Å²) in [4.78, 5) is 119. The minimum Gasteiger partial charge on any atom is -0.459 e. The smallest absolute Gasteiger partial charge is 0.338 e. The summed E-state index contributed by atoms with van der Waals surface area (Å²) in [6.07, 6.45) is -16.6. The molecule has 0 amide bonds. The Hall–Kier alpha value is -6.63. The van der Waals surface area contributed by atoms with Crippen LogP contribution in [0.2, 0.25) is 0 Å². The fourth-order valence-electron chi connectivity index (χ4n) is 14.3. The summed E-state index contributed by atoms with van der Waals surface area (Å²) in [6, 6.07) is 15.9. The van der Waals surface area contributed by atoms with Crippen LogP contribution >= 0.6 is 0 Å². The zero-order valence-electron chi connectivity index (χ0n) is 50.1. The van der Waals surface area contributed by atoms with Crippen LogP contribution in [0.5, 0.6) is 0 Å². The molecule has 0 unspecified atom stereocenters. The molecule has 0 bridgehead atoms. The Bertz CT molecular complexity index is 2880. The normalized spacial score (nSPS) is 37.3. The van der Waals surface area contributed by atoms with Gasteiger partial charge in [0, 0.05) is 53.4 Å². The van der Waals surface area contributed by atoms with Gasteiger partial charge in [-0.3, -0.25) is 33.6 Å². The highest BCUT2D eigenvalue weighted by atomic mass is 16.8. The topological polar surface area (TPSA) is 283 Å². The minimum atomic E-state index is -1.82. The van der Waals surface area contributed by atoms with E-state index in [1.807, 2.05) is 0 Å². The van der Waals surface area contributed by atoms with Gasteiger partial charge in [-0.05, 0) is 106 Å². The summed E-state index contributed by atoms with van der Waals surface area (Å²) in [6.45, 7) is 13.4. The third-order valence-corrected chi connectivity index (χ3v) is 18.2. The second-order valence-corrected chi connectivity index (χ2v) is 24.0. The summed E-state index contributed by atoms with van der Waals surface area (Å²) in [7, 11) is 0. The highest BCUT2D eigenvalue weighted by molar-refractivity contribution is 5.90. The molecule has 23 heteroatoms. The molecule has 0 radical (unpaired) electrons. The van der Waals surface area contributed by atoms with Crippen molar-refractivity contribution in [3.05, 3.63) is 83.4 Å².